The monoisotopic (exact) mass is 295 g/mol. The van der Waals surface area contributed by atoms with Gasteiger partial charge < -0.3 is 5.32 Å². The van der Waals surface area contributed by atoms with Gasteiger partial charge in [0.05, 0.1) is 5.00 Å². The normalized spacial score (nSPS) is 9.50. The fraction of sp³-hybridized carbons (Fsp3) is 0. The summed E-state index contributed by atoms with van der Waals surface area (Å²) in [5, 5.41) is 17.0. The van der Waals surface area contributed by atoms with Crippen LogP contribution in [0, 0.1) is 11.5 Å². The van der Waals surface area contributed by atoms with Gasteiger partial charge in [0.25, 0.3) is 0 Å². The number of nitriles is 1. The third kappa shape index (κ3) is 2.68. The summed E-state index contributed by atoms with van der Waals surface area (Å²) in [6, 6.07) is 3.61. The third-order valence-electron chi connectivity index (χ3n) is 1.67. The van der Waals surface area contributed by atoms with Crippen LogP contribution in [-0.4, -0.2) is 9.97 Å². The summed E-state index contributed by atoms with van der Waals surface area (Å²) in [4.78, 5) is 7.93. The van der Waals surface area contributed by atoms with Gasteiger partial charge in [0, 0.05) is 15.9 Å². The molecule has 0 aliphatic rings. The Bertz CT molecular complexity index is 533. The van der Waals surface area contributed by atoms with Gasteiger partial charge in [0.2, 0.25) is 0 Å². The lowest BCUT2D eigenvalue weighted by molar-refractivity contribution is 1.17. The van der Waals surface area contributed by atoms with Crippen LogP contribution in [-0.2, 0) is 0 Å². The highest BCUT2D eigenvalue weighted by Gasteiger charge is 2.01. The predicted molar refractivity (Wildman–Crippen MR) is 66.6 cm³/mol. The average Bonchev–Trinajstić information content (AvgIpc) is 2.65. The van der Waals surface area contributed by atoms with Gasteiger partial charge in [0.15, 0.2) is 6.19 Å². The van der Waals surface area contributed by atoms with Gasteiger partial charge in [-0.2, -0.15) is 5.26 Å². The van der Waals surface area contributed by atoms with Gasteiger partial charge in [-0.1, -0.05) is 0 Å². The summed E-state index contributed by atoms with van der Waals surface area (Å²) in [5.41, 5.74) is 0. The van der Waals surface area contributed by atoms with E-state index in [2.05, 4.69) is 36.5 Å². The molecule has 0 radical (unpaired) electrons. The van der Waals surface area contributed by atoms with Gasteiger partial charge in [-0.25, -0.2) is 9.97 Å². The largest absolute Gasteiger partial charge is 0.332 e. The van der Waals surface area contributed by atoms with Crippen molar-refractivity contribution in [1.82, 2.24) is 9.97 Å². The standard InChI is InChI=1S/C9H6BrN5S/c10-6-1-9(16-3-6)15-8-2-7(12-4-11)13-5-14-8/h1-3,5H,(H2,12,13,14,15). The zero-order chi connectivity index (χ0) is 11.4. The molecular formula is C9H6BrN5S. The quantitative estimate of drug-likeness (QED) is 0.673. The maximum absolute atomic E-state index is 8.46. The molecule has 0 aromatic carbocycles. The van der Waals surface area contributed by atoms with E-state index in [1.807, 2.05) is 11.4 Å². The molecule has 0 aliphatic carbocycles. The van der Waals surface area contributed by atoms with E-state index in [1.165, 1.54) is 6.33 Å². The highest BCUT2D eigenvalue weighted by Crippen LogP contribution is 2.27. The number of anilines is 3. The Morgan fingerprint density at radius 1 is 1.31 bits per heavy atom. The van der Waals surface area contributed by atoms with Crippen molar-refractivity contribution in [1.29, 1.82) is 5.26 Å². The number of thiophene rings is 1. The van der Waals surface area contributed by atoms with Crippen LogP contribution in [0.2, 0.25) is 0 Å². The second-order valence-corrected chi connectivity index (χ2v) is 4.61. The van der Waals surface area contributed by atoms with E-state index in [4.69, 9.17) is 5.26 Å². The van der Waals surface area contributed by atoms with Gasteiger partial charge in [-0.05, 0) is 22.0 Å². The van der Waals surface area contributed by atoms with Crippen molar-refractivity contribution in [2.45, 2.75) is 0 Å². The topological polar surface area (TPSA) is 73.6 Å². The number of nitrogens with zero attached hydrogens (tertiary/aromatic N) is 3. The second-order valence-electron chi connectivity index (χ2n) is 2.78. The molecule has 2 aromatic heterocycles. The van der Waals surface area contributed by atoms with Crippen molar-refractivity contribution in [3.8, 4) is 6.19 Å². The molecule has 7 heteroatoms. The number of hydrogen-bond donors (Lipinski definition) is 2. The summed E-state index contributed by atoms with van der Waals surface area (Å²) in [6.07, 6.45) is 3.20. The van der Waals surface area contributed by atoms with Crippen molar-refractivity contribution >= 4 is 43.9 Å². The molecule has 2 rings (SSSR count). The van der Waals surface area contributed by atoms with Gasteiger partial charge in [-0.15, -0.1) is 11.3 Å². The smallest absolute Gasteiger partial charge is 0.182 e. The number of aromatic nitrogens is 2. The molecule has 0 amide bonds. The van der Waals surface area contributed by atoms with E-state index < -0.39 is 0 Å². The minimum absolute atomic E-state index is 0.468. The summed E-state index contributed by atoms with van der Waals surface area (Å²) in [7, 11) is 0. The number of nitrogens with one attached hydrogen (secondary N) is 2. The molecule has 0 bridgehead atoms. The Labute approximate surface area is 104 Å². The maximum Gasteiger partial charge on any atom is 0.182 e. The lowest BCUT2D eigenvalue weighted by Gasteiger charge is -2.02. The van der Waals surface area contributed by atoms with Crippen molar-refractivity contribution in [2.75, 3.05) is 10.6 Å². The molecule has 0 fully saturated rings. The molecule has 0 aliphatic heterocycles. The first-order valence-corrected chi connectivity index (χ1v) is 5.93. The van der Waals surface area contributed by atoms with Crippen molar-refractivity contribution in [2.24, 2.45) is 0 Å². The molecule has 0 saturated heterocycles. The van der Waals surface area contributed by atoms with E-state index in [1.54, 1.807) is 23.6 Å². The third-order valence-corrected chi connectivity index (χ3v) is 3.28. The van der Waals surface area contributed by atoms with Gasteiger partial charge in [-0.3, -0.25) is 5.32 Å². The molecule has 0 spiro atoms. The first kappa shape index (κ1) is 10.9. The fourth-order valence-corrected chi connectivity index (χ4v) is 2.38. The maximum atomic E-state index is 8.46. The van der Waals surface area contributed by atoms with Crippen LogP contribution in [0.15, 0.2) is 28.3 Å². The molecule has 80 valence electrons. The van der Waals surface area contributed by atoms with E-state index in [0.29, 0.717) is 11.6 Å². The molecule has 5 nitrogen and oxygen atoms in total. The van der Waals surface area contributed by atoms with Crippen molar-refractivity contribution in [3.63, 3.8) is 0 Å². The summed E-state index contributed by atoms with van der Waals surface area (Å²) >= 11 is 4.93. The summed E-state index contributed by atoms with van der Waals surface area (Å²) in [5.74, 6) is 1.11. The van der Waals surface area contributed by atoms with Crippen LogP contribution >= 0.6 is 27.3 Å². The number of halogens is 1. The van der Waals surface area contributed by atoms with Gasteiger partial charge in [0.1, 0.15) is 18.0 Å². The van der Waals surface area contributed by atoms with Crippen LogP contribution in [0.25, 0.3) is 0 Å². The lowest BCUT2D eigenvalue weighted by atomic mass is 10.5. The fourth-order valence-electron chi connectivity index (χ4n) is 1.06. The van der Waals surface area contributed by atoms with Crippen LogP contribution in [0.1, 0.15) is 0 Å². The highest BCUT2D eigenvalue weighted by molar-refractivity contribution is 9.10. The number of hydrogen-bond acceptors (Lipinski definition) is 6. The van der Waals surface area contributed by atoms with E-state index >= 15 is 0 Å². The summed E-state index contributed by atoms with van der Waals surface area (Å²) in [6.45, 7) is 0. The first-order chi connectivity index (χ1) is 7.78. The Balaban J connectivity index is 2.15. The molecular weight excluding hydrogens is 290 g/mol. The molecule has 2 N–H and O–H groups in total. The van der Waals surface area contributed by atoms with Gasteiger partial charge >= 0.3 is 0 Å². The van der Waals surface area contributed by atoms with E-state index in [0.717, 1.165) is 9.47 Å². The van der Waals surface area contributed by atoms with E-state index in [-0.39, 0.29) is 0 Å². The highest BCUT2D eigenvalue weighted by atomic mass is 79.9. The van der Waals surface area contributed by atoms with Crippen LogP contribution < -0.4 is 10.6 Å². The first-order valence-electron chi connectivity index (χ1n) is 4.26. The molecule has 0 atom stereocenters. The zero-order valence-electron chi connectivity index (χ0n) is 7.94. The predicted octanol–water partition coefficient (Wildman–Crippen LogP) is 2.94. The number of rotatable bonds is 3. The zero-order valence-corrected chi connectivity index (χ0v) is 10.3. The molecule has 2 aromatic rings. The molecule has 16 heavy (non-hydrogen) atoms. The second kappa shape index (κ2) is 4.92. The Hall–Kier alpha value is -1.65. The van der Waals surface area contributed by atoms with Crippen molar-refractivity contribution in [3.05, 3.63) is 28.3 Å². The minimum atomic E-state index is 0.468. The Morgan fingerprint density at radius 3 is 2.81 bits per heavy atom. The molecule has 0 unspecified atom stereocenters. The van der Waals surface area contributed by atoms with Crippen LogP contribution in [0.3, 0.4) is 0 Å². The lowest BCUT2D eigenvalue weighted by Crippen LogP contribution is -1.96. The van der Waals surface area contributed by atoms with Crippen molar-refractivity contribution < 1.29 is 0 Å². The Morgan fingerprint density at radius 2 is 2.12 bits per heavy atom. The minimum Gasteiger partial charge on any atom is -0.332 e. The summed E-state index contributed by atoms with van der Waals surface area (Å²) < 4.78 is 1.02. The molecule has 0 saturated carbocycles. The SMILES string of the molecule is N#CNc1cc(Nc2cc(Br)cs2)ncn1. The van der Waals surface area contributed by atoms with E-state index in [9.17, 15) is 0 Å². The average molecular weight is 296 g/mol. The Kier molecular flexibility index (Phi) is 3.34. The molecule has 2 heterocycles. The van der Waals surface area contributed by atoms with Crippen LogP contribution in [0.4, 0.5) is 16.6 Å². The van der Waals surface area contributed by atoms with Crippen LogP contribution in [0.5, 0.6) is 0 Å².